The number of unbranched alkanes of at least 4 members (excludes halogenated alkanes) is 1. The molecule has 2 atom stereocenters. The lowest BCUT2D eigenvalue weighted by Crippen LogP contribution is -2.11. The lowest BCUT2D eigenvalue weighted by Gasteiger charge is -2.27. The molecule has 0 unspecified atom stereocenters. The molecule has 2 aromatic carbocycles. The lowest BCUT2D eigenvalue weighted by molar-refractivity contribution is 0.463. The molecule has 0 aliphatic heterocycles. The van der Waals surface area contributed by atoms with Crippen LogP contribution in [0.15, 0.2) is 48.5 Å². The average molecular weight is 377 g/mol. The summed E-state index contributed by atoms with van der Waals surface area (Å²) in [5.41, 5.74) is 2.54. The number of rotatable bonds is 8. The van der Waals surface area contributed by atoms with Crippen LogP contribution in [0, 0.1) is 0 Å². The summed E-state index contributed by atoms with van der Waals surface area (Å²) in [7, 11) is 0. The molecule has 2 rings (SSSR count). The van der Waals surface area contributed by atoms with Gasteiger partial charge in [-0.05, 0) is 66.5 Å². The summed E-state index contributed by atoms with van der Waals surface area (Å²) in [6.07, 6.45) is 4.51. The molecule has 2 nitrogen and oxygen atoms in total. The van der Waals surface area contributed by atoms with Gasteiger partial charge in [0.1, 0.15) is 11.5 Å². The van der Waals surface area contributed by atoms with Crippen molar-refractivity contribution < 1.29 is 10.2 Å². The minimum Gasteiger partial charge on any atom is -0.508 e. The first kappa shape index (κ1) is 17.9. The van der Waals surface area contributed by atoms with Crippen molar-refractivity contribution in [2.24, 2.45) is 0 Å². The number of hydrogen-bond donors (Lipinski definition) is 2. The quantitative estimate of drug-likeness (QED) is 0.441. The third-order valence-electron chi connectivity index (χ3n) is 4.47. The third kappa shape index (κ3) is 5.00. The number of benzene rings is 2. The summed E-state index contributed by atoms with van der Waals surface area (Å²) in [5.74, 6) is 1.45. The number of phenols is 2. The highest BCUT2D eigenvalue weighted by Gasteiger charge is 2.23. The topological polar surface area (TPSA) is 40.5 Å². The highest BCUT2D eigenvalue weighted by molar-refractivity contribution is 9.09. The third-order valence-corrected chi connectivity index (χ3v) is 5.03. The Kier molecular flexibility index (Phi) is 6.97. The summed E-state index contributed by atoms with van der Waals surface area (Å²) in [4.78, 5) is 0. The standard InChI is InChI=1S/C20H25BrO2/c1-2-19(15-6-10-17(22)11-7-15)20(5-3-4-14-21)16-8-12-18(23)13-9-16/h6-13,19-20,22-23H,2-5,14H2,1H3/t19-,20+/m1/s1. The number of alkyl halides is 1. The van der Waals surface area contributed by atoms with Gasteiger partial charge in [-0.2, -0.15) is 0 Å². The van der Waals surface area contributed by atoms with E-state index in [1.165, 1.54) is 24.0 Å². The van der Waals surface area contributed by atoms with Crippen molar-refractivity contribution >= 4 is 15.9 Å². The normalized spacial score (nSPS) is 13.7. The largest absolute Gasteiger partial charge is 0.508 e. The zero-order valence-electron chi connectivity index (χ0n) is 13.6. The molecule has 23 heavy (non-hydrogen) atoms. The van der Waals surface area contributed by atoms with Crippen molar-refractivity contribution in [3.63, 3.8) is 0 Å². The Morgan fingerprint density at radius 2 is 1.26 bits per heavy atom. The maximum Gasteiger partial charge on any atom is 0.115 e. The molecular weight excluding hydrogens is 352 g/mol. The van der Waals surface area contributed by atoms with E-state index in [1.54, 1.807) is 24.3 Å². The fraction of sp³-hybridized carbons (Fsp3) is 0.400. The van der Waals surface area contributed by atoms with Gasteiger partial charge in [0, 0.05) is 5.33 Å². The van der Waals surface area contributed by atoms with Crippen LogP contribution in [0.25, 0.3) is 0 Å². The molecule has 124 valence electrons. The minimum absolute atomic E-state index is 0.309. The van der Waals surface area contributed by atoms with Gasteiger partial charge in [0.15, 0.2) is 0 Å². The van der Waals surface area contributed by atoms with Crippen molar-refractivity contribution in [2.45, 2.75) is 44.4 Å². The van der Waals surface area contributed by atoms with Gasteiger partial charge in [0.05, 0.1) is 0 Å². The molecule has 0 heterocycles. The highest BCUT2D eigenvalue weighted by Crippen LogP contribution is 2.40. The zero-order valence-corrected chi connectivity index (χ0v) is 15.2. The Balaban J connectivity index is 2.29. The van der Waals surface area contributed by atoms with Gasteiger partial charge < -0.3 is 10.2 Å². The monoisotopic (exact) mass is 376 g/mol. The van der Waals surface area contributed by atoms with E-state index >= 15 is 0 Å². The minimum atomic E-state index is 0.309. The van der Waals surface area contributed by atoms with Crippen LogP contribution in [-0.2, 0) is 0 Å². The molecule has 0 radical (unpaired) electrons. The van der Waals surface area contributed by atoms with Crippen molar-refractivity contribution in [1.29, 1.82) is 0 Å². The second-order valence-electron chi connectivity index (χ2n) is 5.99. The molecule has 0 saturated carbocycles. The van der Waals surface area contributed by atoms with Crippen LogP contribution < -0.4 is 0 Å². The zero-order chi connectivity index (χ0) is 16.7. The molecule has 0 aliphatic carbocycles. The first-order chi connectivity index (χ1) is 11.2. The Hall–Kier alpha value is -1.48. The average Bonchev–Trinajstić information content (AvgIpc) is 2.57. The van der Waals surface area contributed by atoms with E-state index in [-0.39, 0.29) is 0 Å². The molecule has 0 saturated heterocycles. The summed E-state index contributed by atoms with van der Waals surface area (Å²) in [6, 6.07) is 15.2. The number of aromatic hydroxyl groups is 2. The van der Waals surface area contributed by atoms with Crippen molar-refractivity contribution in [2.75, 3.05) is 5.33 Å². The van der Waals surface area contributed by atoms with Crippen molar-refractivity contribution in [3.05, 3.63) is 59.7 Å². The highest BCUT2D eigenvalue weighted by atomic mass is 79.9. The predicted octanol–water partition coefficient (Wildman–Crippen LogP) is 5.94. The maximum atomic E-state index is 9.56. The first-order valence-electron chi connectivity index (χ1n) is 8.29. The molecule has 0 aromatic heterocycles. The molecule has 0 amide bonds. The van der Waals surface area contributed by atoms with E-state index in [4.69, 9.17) is 0 Å². The van der Waals surface area contributed by atoms with Crippen molar-refractivity contribution in [3.8, 4) is 11.5 Å². The fourth-order valence-corrected chi connectivity index (χ4v) is 3.65. The Bertz CT molecular complexity index is 578. The molecular formula is C20H25BrO2. The maximum absolute atomic E-state index is 9.56. The van der Waals surface area contributed by atoms with E-state index < -0.39 is 0 Å². The van der Waals surface area contributed by atoms with Gasteiger partial charge in [-0.1, -0.05) is 53.5 Å². The van der Waals surface area contributed by atoms with E-state index in [0.717, 1.165) is 18.2 Å². The summed E-state index contributed by atoms with van der Waals surface area (Å²) in [6.45, 7) is 2.22. The first-order valence-corrected chi connectivity index (χ1v) is 9.41. The smallest absolute Gasteiger partial charge is 0.115 e. The van der Waals surface area contributed by atoms with Crippen LogP contribution in [0.2, 0.25) is 0 Å². The van der Waals surface area contributed by atoms with Crippen LogP contribution in [-0.4, -0.2) is 15.5 Å². The number of phenolic OH excluding ortho intramolecular Hbond substituents is 2. The Morgan fingerprint density at radius 3 is 1.70 bits per heavy atom. The molecule has 0 spiro atoms. The SMILES string of the molecule is CC[C@H](c1ccc(O)cc1)[C@@H](CCCCBr)c1ccc(O)cc1. The fourth-order valence-electron chi connectivity index (χ4n) is 3.25. The summed E-state index contributed by atoms with van der Waals surface area (Å²) >= 11 is 3.51. The van der Waals surface area contributed by atoms with Gasteiger partial charge in [-0.25, -0.2) is 0 Å². The van der Waals surface area contributed by atoms with Gasteiger partial charge in [-0.3, -0.25) is 0 Å². The molecule has 3 heteroatoms. The van der Waals surface area contributed by atoms with Gasteiger partial charge >= 0.3 is 0 Å². The molecule has 0 bridgehead atoms. The van der Waals surface area contributed by atoms with Crippen LogP contribution in [0.4, 0.5) is 0 Å². The molecule has 2 N–H and O–H groups in total. The van der Waals surface area contributed by atoms with E-state index in [2.05, 4.69) is 22.9 Å². The predicted molar refractivity (Wildman–Crippen MR) is 99.6 cm³/mol. The van der Waals surface area contributed by atoms with Crippen LogP contribution in [0.5, 0.6) is 11.5 Å². The summed E-state index contributed by atoms with van der Waals surface area (Å²) in [5, 5.41) is 20.1. The van der Waals surface area contributed by atoms with E-state index in [9.17, 15) is 10.2 Å². The molecule has 0 fully saturated rings. The van der Waals surface area contributed by atoms with Gasteiger partial charge in [-0.15, -0.1) is 0 Å². The lowest BCUT2D eigenvalue weighted by atomic mass is 9.77. The summed E-state index contributed by atoms with van der Waals surface area (Å²) < 4.78 is 0. The van der Waals surface area contributed by atoms with Gasteiger partial charge in [0.2, 0.25) is 0 Å². The number of halogens is 1. The number of hydrogen-bond acceptors (Lipinski definition) is 2. The second kappa shape index (κ2) is 8.97. The van der Waals surface area contributed by atoms with E-state index in [1.807, 2.05) is 24.3 Å². The second-order valence-corrected chi connectivity index (χ2v) is 6.78. The van der Waals surface area contributed by atoms with Crippen molar-refractivity contribution in [1.82, 2.24) is 0 Å². The van der Waals surface area contributed by atoms with Gasteiger partial charge in [0.25, 0.3) is 0 Å². The van der Waals surface area contributed by atoms with Crippen LogP contribution >= 0.6 is 15.9 Å². The molecule has 2 aromatic rings. The van der Waals surface area contributed by atoms with E-state index in [0.29, 0.717) is 23.3 Å². The van der Waals surface area contributed by atoms with Crippen LogP contribution in [0.1, 0.15) is 55.6 Å². The Labute approximate surface area is 147 Å². The Morgan fingerprint density at radius 1 is 0.783 bits per heavy atom. The molecule has 0 aliphatic rings. The van der Waals surface area contributed by atoms with Crippen LogP contribution in [0.3, 0.4) is 0 Å².